The molecule has 0 radical (unpaired) electrons. The quantitative estimate of drug-likeness (QED) is 0.485. The topological polar surface area (TPSA) is 0 Å². The zero-order valence-electron chi connectivity index (χ0n) is 7.89. The van der Waals surface area contributed by atoms with Crippen molar-refractivity contribution in [3.05, 3.63) is 60.8 Å². The molecule has 0 N–H and O–H groups in total. The van der Waals surface area contributed by atoms with E-state index in [1.807, 2.05) is 0 Å². The molecule has 0 aromatic rings. The second-order valence-electron chi connectivity index (χ2n) is 2.89. The van der Waals surface area contributed by atoms with Crippen LogP contribution in [-0.2, 0) is 0 Å². The molecule has 1 aliphatic rings. The van der Waals surface area contributed by atoms with Crippen LogP contribution in [0.15, 0.2) is 60.8 Å². The van der Waals surface area contributed by atoms with E-state index >= 15 is 0 Å². The maximum absolute atomic E-state index is 2.20. The van der Waals surface area contributed by atoms with E-state index in [4.69, 9.17) is 0 Å². The van der Waals surface area contributed by atoms with Crippen LogP contribution in [-0.4, -0.2) is 0 Å². The molecule has 0 aromatic heterocycles. The highest BCUT2D eigenvalue weighted by Gasteiger charge is 1.74. The van der Waals surface area contributed by atoms with Crippen LogP contribution in [0.2, 0.25) is 0 Å². The van der Waals surface area contributed by atoms with Gasteiger partial charge in [-0.25, -0.2) is 0 Å². The SMILES string of the molecule is C1=CC/C=C/C/C=C/C/C=C/C=C\1. The predicted octanol–water partition coefficient (Wildman–Crippen LogP) is 3.95. The van der Waals surface area contributed by atoms with Crippen molar-refractivity contribution in [3.63, 3.8) is 0 Å². The van der Waals surface area contributed by atoms with Crippen molar-refractivity contribution in [1.82, 2.24) is 0 Å². The molecular formula is C13H16. The summed E-state index contributed by atoms with van der Waals surface area (Å²) in [5.41, 5.74) is 0. The lowest BCUT2D eigenvalue weighted by atomic mass is 10.3. The van der Waals surface area contributed by atoms with E-state index in [1.165, 1.54) is 0 Å². The summed E-state index contributed by atoms with van der Waals surface area (Å²) in [6.07, 6.45) is 24.5. The Kier molecular flexibility index (Phi) is 5.54. The van der Waals surface area contributed by atoms with Crippen molar-refractivity contribution in [2.75, 3.05) is 0 Å². The number of allylic oxidation sites excluding steroid dienone is 10. The Labute approximate surface area is 80.7 Å². The molecule has 0 saturated heterocycles. The molecule has 0 fully saturated rings. The summed E-state index contributed by atoms with van der Waals surface area (Å²) in [5.74, 6) is 0. The van der Waals surface area contributed by atoms with E-state index in [2.05, 4.69) is 60.8 Å². The Bertz CT molecular complexity index is 223. The van der Waals surface area contributed by atoms with E-state index in [0.717, 1.165) is 19.3 Å². The third-order valence-electron chi connectivity index (χ3n) is 1.76. The molecule has 0 amide bonds. The molecule has 1 aliphatic carbocycles. The third-order valence-corrected chi connectivity index (χ3v) is 1.76. The lowest BCUT2D eigenvalue weighted by Gasteiger charge is -1.82. The molecule has 0 bridgehead atoms. The fourth-order valence-corrected chi connectivity index (χ4v) is 1.06. The summed E-state index contributed by atoms with van der Waals surface area (Å²) in [6, 6.07) is 0. The van der Waals surface area contributed by atoms with Gasteiger partial charge in [0.15, 0.2) is 0 Å². The van der Waals surface area contributed by atoms with E-state index in [-0.39, 0.29) is 0 Å². The van der Waals surface area contributed by atoms with Gasteiger partial charge in [-0.05, 0) is 19.3 Å². The largest absolute Gasteiger partial charge is 0.0844 e. The third kappa shape index (κ3) is 5.92. The summed E-state index contributed by atoms with van der Waals surface area (Å²) in [7, 11) is 0. The van der Waals surface area contributed by atoms with Crippen LogP contribution < -0.4 is 0 Å². The molecule has 0 unspecified atom stereocenters. The van der Waals surface area contributed by atoms with Crippen LogP contribution in [0.5, 0.6) is 0 Å². The van der Waals surface area contributed by atoms with Gasteiger partial charge in [-0.2, -0.15) is 0 Å². The summed E-state index contributed by atoms with van der Waals surface area (Å²) in [5, 5.41) is 0. The summed E-state index contributed by atoms with van der Waals surface area (Å²) < 4.78 is 0. The van der Waals surface area contributed by atoms with Gasteiger partial charge in [-0.15, -0.1) is 0 Å². The second-order valence-corrected chi connectivity index (χ2v) is 2.89. The average Bonchev–Trinajstić information content (AvgIpc) is 2.18. The van der Waals surface area contributed by atoms with Gasteiger partial charge in [0.05, 0.1) is 0 Å². The van der Waals surface area contributed by atoms with Crippen LogP contribution >= 0.6 is 0 Å². The molecule has 0 atom stereocenters. The smallest absolute Gasteiger partial charge is 0.0166 e. The zero-order chi connectivity index (χ0) is 9.19. The molecular weight excluding hydrogens is 156 g/mol. The molecule has 1 rings (SSSR count). The lowest BCUT2D eigenvalue weighted by molar-refractivity contribution is 1.28. The van der Waals surface area contributed by atoms with E-state index in [9.17, 15) is 0 Å². The Balaban J connectivity index is 2.49. The standard InChI is InChI=1S/C13H16/c1-2-4-6-8-10-12-13-11-9-7-5-3-1/h1-6,9-12H,7-8,13H2/b2-1-,5-3+,6-4?,11-9+,12-10+. The summed E-state index contributed by atoms with van der Waals surface area (Å²) >= 11 is 0. The van der Waals surface area contributed by atoms with Gasteiger partial charge in [-0.1, -0.05) is 60.8 Å². The zero-order valence-corrected chi connectivity index (χ0v) is 7.89. The van der Waals surface area contributed by atoms with Crippen molar-refractivity contribution in [2.45, 2.75) is 19.3 Å². The highest BCUT2D eigenvalue weighted by atomic mass is 13.8. The van der Waals surface area contributed by atoms with Gasteiger partial charge >= 0.3 is 0 Å². The fraction of sp³-hybridized carbons (Fsp3) is 0.231. The van der Waals surface area contributed by atoms with Gasteiger partial charge in [-0.3, -0.25) is 0 Å². The molecule has 0 aromatic carbocycles. The van der Waals surface area contributed by atoms with E-state index in [1.54, 1.807) is 0 Å². The molecule has 0 spiro atoms. The first-order valence-corrected chi connectivity index (χ1v) is 4.78. The minimum atomic E-state index is 1.03. The normalized spacial score (nSPS) is 27.7. The van der Waals surface area contributed by atoms with Crippen molar-refractivity contribution >= 4 is 0 Å². The van der Waals surface area contributed by atoms with Gasteiger partial charge in [0.25, 0.3) is 0 Å². The first kappa shape index (κ1) is 9.79. The van der Waals surface area contributed by atoms with Crippen molar-refractivity contribution in [1.29, 1.82) is 0 Å². The Morgan fingerprint density at radius 1 is 0.385 bits per heavy atom. The van der Waals surface area contributed by atoms with Gasteiger partial charge in [0.1, 0.15) is 0 Å². The molecule has 0 heterocycles. The van der Waals surface area contributed by atoms with Gasteiger partial charge in [0, 0.05) is 0 Å². The summed E-state index contributed by atoms with van der Waals surface area (Å²) in [6.45, 7) is 0. The first-order valence-electron chi connectivity index (χ1n) is 4.78. The monoisotopic (exact) mass is 172 g/mol. The van der Waals surface area contributed by atoms with E-state index in [0.29, 0.717) is 0 Å². The Hall–Kier alpha value is -1.30. The van der Waals surface area contributed by atoms with Crippen molar-refractivity contribution < 1.29 is 0 Å². The second kappa shape index (κ2) is 7.35. The number of hydrogen-bond acceptors (Lipinski definition) is 0. The molecule has 0 aliphatic heterocycles. The minimum Gasteiger partial charge on any atom is -0.0844 e. The average molecular weight is 172 g/mol. The predicted molar refractivity (Wildman–Crippen MR) is 59.6 cm³/mol. The Morgan fingerprint density at radius 3 is 1.23 bits per heavy atom. The van der Waals surface area contributed by atoms with Crippen LogP contribution in [0.3, 0.4) is 0 Å². The highest BCUT2D eigenvalue weighted by Crippen LogP contribution is 1.95. The van der Waals surface area contributed by atoms with Crippen molar-refractivity contribution in [2.24, 2.45) is 0 Å². The lowest BCUT2D eigenvalue weighted by Crippen LogP contribution is -1.61. The molecule has 13 heavy (non-hydrogen) atoms. The van der Waals surface area contributed by atoms with Gasteiger partial charge in [0.2, 0.25) is 0 Å². The fourth-order valence-electron chi connectivity index (χ4n) is 1.06. The van der Waals surface area contributed by atoms with Crippen LogP contribution in [0.25, 0.3) is 0 Å². The molecule has 0 saturated carbocycles. The maximum Gasteiger partial charge on any atom is -0.0166 e. The van der Waals surface area contributed by atoms with Crippen molar-refractivity contribution in [3.8, 4) is 0 Å². The van der Waals surface area contributed by atoms with Gasteiger partial charge < -0.3 is 0 Å². The highest BCUT2D eigenvalue weighted by molar-refractivity contribution is 5.13. The summed E-state index contributed by atoms with van der Waals surface area (Å²) in [4.78, 5) is 0. The maximum atomic E-state index is 2.20. The molecule has 0 nitrogen and oxygen atoms in total. The van der Waals surface area contributed by atoms with Crippen LogP contribution in [0.1, 0.15) is 19.3 Å². The number of rotatable bonds is 0. The van der Waals surface area contributed by atoms with E-state index < -0.39 is 0 Å². The van der Waals surface area contributed by atoms with Crippen LogP contribution in [0, 0.1) is 0 Å². The van der Waals surface area contributed by atoms with Crippen LogP contribution in [0.4, 0.5) is 0 Å². The first-order chi connectivity index (χ1) is 6.50. The molecule has 0 heteroatoms. The Morgan fingerprint density at radius 2 is 0.769 bits per heavy atom. The minimum absolute atomic E-state index is 1.03. The number of hydrogen-bond donors (Lipinski definition) is 0. The molecule has 68 valence electrons.